The van der Waals surface area contributed by atoms with Gasteiger partial charge >= 0.3 is 0 Å². The number of fused-ring (bicyclic) bond motifs is 1. The van der Waals surface area contributed by atoms with Gasteiger partial charge in [-0.2, -0.15) is 8.42 Å². The fourth-order valence-electron chi connectivity index (χ4n) is 3.14. The molecule has 0 heterocycles. The average Bonchev–Trinajstić information content (AvgIpc) is 2.59. The number of hydrogen-bond donors (Lipinski definition) is 4. The molecule has 10 nitrogen and oxygen atoms in total. The SMILES string of the molecule is Cc1cc(Br)cc(C)c1[NH+]=Nc1c(S(=O)(=O)O)cc2cc(S(=O)(=O)[O-])cc(N)c2c1O. The zero-order valence-corrected chi connectivity index (χ0v) is 19.3. The monoisotopic (exact) mass is 529 g/mol. The van der Waals surface area contributed by atoms with E-state index in [1.807, 2.05) is 0 Å². The van der Waals surface area contributed by atoms with E-state index in [9.17, 15) is 31.0 Å². The molecule has 13 heteroatoms. The van der Waals surface area contributed by atoms with Gasteiger partial charge in [-0.15, -0.1) is 0 Å². The number of rotatable bonds is 4. The lowest BCUT2D eigenvalue weighted by molar-refractivity contribution is -0.434. The van der Waals surface area contributed by atoms with Crippen LogP contribution in [0.5, 0.6) is 5.75 Å². The van der Waals surface area contributed by atoms with Gasteiger partial charge in [0.25, 0.3) is 10.1 Å². The average molecular weight is 530 g/mol. The molecule has 0 radical (unpaired) electrons. The molecule has 0 bridgehead atoms. The molecule has 0 aromatic heterocycles. The van der Waals surface area contributed by atoms with Gasteiger partial charge in [0.2, 0.25) is 5.69 Å². The Bertz CT molecular complexity index is 1460. The highest BCUT2D eigenvalue weighted by atomic mass is 79.9. The Morgan fingerprint density at radius 3 is 2.16 bits per heavy atom. The van der Waals surface area contributed by atoms with Crippen molar-refractivity contribution in [3.8, 4) is 5.75 Å². The number of aryl methyl sites for hydroxylation is 2. The minimum absolute atomic E-state index is 0.135. The van der Waals surface area contributed by atoms with Crippen LogP contribution in [0, 0.1) is 13.8 Å². The van der Waals surface area contributed by atoms with Crippen molar-refractivity contribution >= 4 is 64.0 Å². The normalized spacial score (nSPS) is 12.7. The number of hydrogen-bond acceptors (Lipinski definition) is 8. The summed E-state index contributed by atoms with van der Waals surface area (Å²) in [7, 11) is -9.82. The van der Waals surface area contributed by atoms with E-state index in [-0.39, 0.29) is 16.5 Å². The first kappa shape index (κ1) is 23.1. The molecule has 164 valence electrons. The molecule has 5 N–H and O–H groups in total. The molecule has 0 spiro atoms. The van der Waals surface area contributed by atoms with Crippen LogP contribution < -0.4 is 10.8 Å². The molecule has 0 aliphatic rings. The second kappa shape index (κ2) is 7.84. The lowest BCUT2D eigenvalue weighted by atomic mass is 10.1. The zero-order valence-electron chi connectivity index (χ0n) is 16.0. The highest BCUT2D eigenvalue weighted by Gasteiger charge is 2.25. The van der Waals surface area contributed by atoms with E-state index in [4.69, 9.17) is 5.73 Å². The maximum atomic E-state index is 11.9. The minimum atomic E-state index is -4.91. The van der Waals surface area contributed by atoms with Crippen molar-refractivity contribution in [2.45, 2.75) is 23.6 Å². The maximum absolute atomic E-state index is 11.9. The molecule has 0 unspecified atom stereocenters. The summed E-state index contributed by atoms with van der Waals surface area (Å²) in [4.78, 5) is -1.53. The van der Waals surface area contributed by atoms with Crippen LogP contribution in [0.4, 0.5) is 17.1 Å². The Kier molecular flexibility index (Phi) is 5.84. The third-order valence-corrected chi connectivity index (χ3v) is 6.64. The fraction of sp³-hybridized carbons (Fsp3) is 0.111. The van der Waals surface area contributed by atoms with Gasteiger partial charge in [-0.05, 0) is 49.6 Å². The number of aromatic hydroxyl groups is 1. The van der Waals surface area contributed by atoms with Gasteiger partial charge in [0, 0.05) is 31.8 Å². The Balaban J connectivity index is 2.36. The highest BCUT2D eigenvalue weighted by molar-refractivity contribution is 9.10. The van der Waals surface area contributed by atoms with Crippen LogP contribution in [-0.2, 0) is 20.2 Å². The number of nitrogens with one attached hydrogen (secondary N) is 1. The Morgan fingerprint density at radius 2 is 1.65 bits per heavy atom. The van der Waals surface area contributed by atoms with E-state index >= 15 is 0 Å². The third-order valence-electron chi connectivity index (χ3n) is 4.50. The van der Waals surface area contributed by atoms with Gasteiger partial charge in [-0.1, -0.05) is 21.0 Å². The van der Waals surface area contributed by atoms with Crippen molar-refractivity contribution in [2.24, 2.45) is 5.11 Å². The van der Waals surface area contributed by atoms with E-state index in [0.29, 0.717) is 5.69 Å². The second-order valence-corrected chi connectivity index (χ2v) is 10.4. The topological polar surface area (TPSA) is 184 Å². The summed E-state index contributed by atoms with van der Waals surface area (Å²) < 4.78 is 68.4. The van der Waals surface area contributed by atoms with Crippen LogP contribution in [-0.4, -0.2) is 31.0 Å². The smallest absolute Gasteiger partial charge is 0.297 e. The highest BCUT2D eigenvalue weighted by Crippen LogP contribution is 2.43. The van der Waals surface area contributed by atoms with Crippen LogP contribution in [0.15, 0.2) is 49.7 Å². The van der Waals surface area contributed by atoms with Crippen LogP contribution in [0.25, 0.3) is 10.8 Å². The van der Waals surface area contributed by atoms with E-state index in [1.165, 1.54) is 0 Å². The van der Waals surface area contributed by atoms with Gasteiger partial charge in [0.15, 0.2) is 11.4 Å². The number of phenols is 1. The zero-order chi connectivity index (χ0) is 23.3. The quantitative estimate of drug-likeness (QED) is 0.225. The summed E-state index contributed by atoms with van der Waals surface area (Å²) in [5, 5.41) is 17.0. The van der Waals surface area contributed by atoms with E-state index in [0.717, 1.165) is 33.8 Å². The van der Waals surface area contributed by atoms with Gasteiger partial charge in [-0.25, -0.2) is 8.42 Å². The molecular weight excluding hydrogens is 514 g/mol. The molecule has 0 atom stereocenters. The Labute approximate surface area is 186 Å². The molecule has 0 saturated heterocycles. The van der Waals surface area contributed by atoms with E-state index in [1.54, 1.807) is 26.0 Å². The molecular formula is C18H16BrN3O7S2. The number of anilines is 1. The largest absolute Gasteiger partial charge is 0.744 e. The molecule has 3 rings (SSSR count). The molecule has 0 aliphatic heterocycles. The van der Waals surface area contributed by atoms with Crippen molar-refractivity contribution in [2.75, 3.05) is 5.73 Å². The number of benzene rings is 3. The molecule has 0 amide bonds. The van der Waals surface area contributed by atoms with Crippen LogP contribution in [0.2, 0.25) is 0 Å². The first-order valence-corrected chi connectivity index (χ1v) is 12.1. The number of halogens is 1. The number of azo groups is 1. The summed E-state index contributed by atoms with van der Waals surface area (Å²) in [6.45, 7) is 3.56. The summed E-state index contributed by atoms with van der Waals surface area (Å²) in [5.74, 6) is -0.725. The predicted octanol–water partition coefficient (Wildman–Crippen LogP) is 2.15. The maximum Gasteiger partial charge on any atom is 0.297 e. The first-order valence-electron chi connectivity index (χ1n) is 8.46. The Hall–Kier alpha value is -2.58. The van der Waals surface area contributed by atoms with Gasteiger partial charge in [0.05, 0.1) is 4.90 Å². The van der Waals surface area contributed by atoms with Crippen molar-refractivity contribution in [1.29, 1.82) is 0 Å². The number of nitrogens with zero attached hydrogens (tertiary/aromatic N) is 1. The molecule has 31 heavy (non-hydrogen) atoms. The third kappa shape index (κ3) is 4.55. The number of nitrogens with two attached hydrogens (primary N) is 1. The summed E-state index contributed by atoms with van der Waals surface area (Å²) in [6.07, 6.45) is 0. The molecule has 0 fully saturated rings. The lowest BCUT2D eigenvalue weighted by Crippen LogP contribution is -2.58. The number of nitrogen functional groups attached to an aromatic ring is 1. The van der Waals surface area contributed by atoms with Crippen LogP contribution in [0.3, 0.4) is 0 Å². The summed E-state index contributed by atoms with van der Waals surface area (Å²) >= 11 is 3.36. The Morgan fingerprint density at radius 1 is 1.06 bits per heavy atom. The standard InChI is InChI=1S/C18H16BrN3O7S2/c1-8-3-11(19)4-9(2)16(8)21-22-17-14(31(27,28)29)6-10-5-12(30(24,25)26)7-13(20)15(10)18(17)23/h3-7,23H,20H2,1-2H3,(H,24,25,26)(H,27,28,29). The molecule has 0 aliphatic carbocycles. The van der Waals surface area contributed by atoms with Gasteiger partial charge in [-0.3, -0.25) is 4.55 Å². The fourth-order valence-corrected chi connectivity index (χ4v) is 5.03. The van der Waals surface area contributed by atoms with E-state index in [2.05, 4.69) is 26.2 Å². The van der Waals surface area contributed by atoms with Crippen LogP contribution >= 0.6 is 15.9 Å². The van der Waals surface area contributed by atoms with E-state index < -0.39 is 41.5 Å². The van der Waals surface area contributed by atoms with Crippen molar-refractivity contribution < 1.29 is 36.2 Å². The van der Waals surface area contributed by atoms with Crippen LogP contribution in [0.1, 0.15) is 11.1 Å². The van der Waals surface area contributed by atoms with Crippen molar-refractivity contribution in [1.82, 2.24) is 0 Å². The summed E-state index contributed by atoms with van der Waals surface area (Å²) in [6, 6.07) is 6.15. The lowest BCUT2D eigenvalue weighted by Gasteiger charge is -2.13. The van der Waals surface area contributed by atoms with Crippen molar-refractivity contribution in [3.05, 3.63) is 45.9 Å². The van der Waals surface area contributed by atoms with Gasteiger partial charge < -0.3 is 15.4 Å². The summed E-state index contributed by atoms with van der Waals surface area (Å²) in [5.41, 5.74) is 7.03. The minimum Gasteiger partial charge on any atom is -0.744 e. The second-order valence-electron chi connectivity index (χ2n) is 6.75. The predicted molar refractivity (Wildman–Crippen MR) is 114 cm³/mol. The molecule has 0 saturated carbocycles. The first-order chi connectivity index (χ1) is 14.2. The number of phenolic OH excluding ortho intramolecular Hbond substituents is 1. The van der Waals surface area contributed by atoms with Crippen molar-refractivity contribution in [3.63, 3.8) is 0 Å². The van der Waals surface area contributed by atoms with Gasteiger partial charge in [0.1, 0.15) is 15.0 Å². The molecule has 3 aromatic rings. The molecule has 3 aromatic carbocycles.